The summed E-state index contributed by atoms with van der Waals surface area (Å²) in [7, 11) is 0. The third-order valence-corrected chi connectivity index (χ3v) is 5.08. The van der Waals surface area contributed by atoms with Gasteiger partial charge in [-0.15, -0.1) is 0 Å². The van der Waals surface area contributed by atoms with Crippen LogP contribution in [0.2, 0.25) is 0 Å². The van der Waals surface area contributed by atoms with Gasteiger partial charge < -0.3 is 20.1 Å². The van der Waals surface area contributed by atoms with Crippen molar-refractivity contribution >= 4 is 16.6 Å². The van der Waals surface area contributed by atoms with Gasteiger partial charge in [-0.2, -0.15) is 0 Å². The molecule has 1 atom stereocenters. The van der Waals surface area contributed by atoms with E-state index in [1.54, 1.807) is 0 Å². The van der Waals surface area contributed by atoms with E-state index in [1.165, 1.54) is 29.2 Å². The summed E-state index contributed by atoms with van der Waals surface area (Å²) < 4.78 is 54.7. The SMILES string of the molecule is O=c1c(CO)c(-c2ccc(N3CC(O)C(F)(F)C3)cc2)[nH]c2cc(F)cc(F)c12. The van der Waals surface area contributed by atoms with Crippen LogP contribution in [-0.4, -0.2) is 40.3 Å². The molecule has 0 bridgehead atoms. The largest absolute Gasteiger partial charge is 0.391 e. The van der Waals surface area contributed by atoms with Crippen molar-refractivity contribution in [2.75, 3.05) is 18.0 Å². The molecule has 1 unspecified atom stereocenters. The van der Waals surface area contributed by atoms with Gasteiger partial charge in [0, 0.05) is 17.3 Å². The van der Waals surface area contributed by atoms with Crippen LogP contribution in [0.1, 0.15) is 5.56 Å². The van der Waals surface area contributed by atoms with Crippen molar-refractivity contribution in [2.45, 2.75) is 18.6 Å². The number of fused-ring (bicyclic) bond motifs is 1. The lowest BCUT2D eigenvalue weighted by Crippen LogP contribution is -2.31. The fraction of sp³-hybridized carbons (Fsp3) is 0.250. The van der Waals surface area contributed by atoms with Crippen molar-refractivity contribution in [3.05, 3.63) is 63.8 Å². The third kappa shape index (κ3) is 3.26. The van der Waals surface area contributed by atoms with Crippen LogP contribution in [0, 0.1) is 11.6 Å². The van der Waals surface area contributed by atoms with Crippen molar-refractivity contribution in [1.29, 1.82) is 0 Å². The summed E-state index contributed by atoms with van der Waals surface area (Å²) in [6.45, 7) is -1.52. The molecule has 1 aliphatic rings. The molecule has 1 fully saturated rings. The molecule has 9 heteroatoms. The van der Waals surface area contributed by atoms with E-state index in [9.17, 15) is 32.6 Å². The summed E-state index contributed by atoms with van der Waals surface area (Å²) >= 11 is 0. The fourth-order valence-electron chi connectivity index (χ4n) is 3.58. The van der Waals surface area contributed by atoms with E-state index in [-0.39, 0.29) is 28.7 Å². The number of nitrogens with one attached hydrogen (secondary N) is 1. The fourth-order valence-corrected chi connectivity index (χ4v) is 3.58. The molecular formula is C20H16F4N2O3. The van der Waals surface area contributed by atoms with Crippen molar-refractivity contribution in [2.24, 2.45) is 0 Å². The molecule has 0 spiro atoms. The smallest absolute Gasteiger partial charge is 0.292 e. The number of aromatic amines is 1. The minimum Gasteiger partial charge on any atom is -0.391 e. The predicted molar refractivity (Wildman–Crippen MR) is 99.0 cm³/mol. The number of hydrogen-bond donors (Lipinski definition) is 3. The Morgan fingerprint density at radius 3 is 2.45 bits per heavy atom. The molecule has 3 N–H and O–H groups in total. The van der Waals surface area contributed by atoms with Gasteiger partial charge in [0.25, 0.3) is 5.92 Å². The van der Waals surface area contributed by atoms with Crippen LogP contribution in [0.3, 0.4) is 0 Å². The molecule has 1 aromatic heterocycles. The van der Waals surface area contributed by atoms with Crippen LogP contribution in [-0.2, 0) is 6.61 Å². The molecule has 0 aliphatic carbocycles. The minimum absolute atomic E-state index is 0.0638. The standard InChI is InChI=1S/C20H16F4N2O3/c21-11-5-14(22)17-15(6-11)25-18(13(8-27)19(17)29)10-1-3-12(4-2-10)26-7-16(28)20(23,24)9-26/h1-6,16,27-28H,7-9H2,(H,25,29). The van der Waals surface area contributed by atoms with E-state index in [1.807, 2.05) is 0 Å². The molecule has 2 heterocycles. The molecule has 0 amide bonds. The number of H-pyrrole nitrogens is 1. The average molecular weight is 408 g/mol. The zero-order valence-electron chi connectivity index (χ0n) is 14.9. The predicted octanol–water partition coefficient (Wildman–Crippen LogP) is 2.78. The maximum atomic E-state index is 14.0. The van der Waals surface area contributed by atoms with Gasteiger partial charge in [-0.3, -0.25) is 4.79 Å². The number of halogens is 4. The highest BCUT2D eigenvalue weighted by Crippen LogP contribution is 2.33. The molecule has 4 rings (SSSR count). The Morgan fingerprint density at radius 1 is 1.17 bits per heavy atom. The number of β-amino-alcohol motifs (C(OH)–C–C–N with tert-alkyl or cyclic N) is 1. The van der Waals surface area contributed by atoms with Crippen LogP contribution in [0.4, 0.5) is 23.2 Å². The maximum absolute atomic E-state index is 14.0. The maximum Gasteiger partial charge on any atom is 0.292 e. The Bertz CT molecular complexity index is 1150. The normalized spacial score (nSPS) is 18.6. The number of benzene rings is 2. The van der Waals surface area contributed by atoms with Gasteiger partial charge in [0.15, 0.2) is 5.43 Å². The zero-order valence-corrected chi connectivity index (χ0v) is 14.9. The van der Waals surface area contributed by atoms with Gasteiger partial charge in [0.2, 0.25) is 0 Å². The number of alkyl halides is 2. The number of aromatic nitrogens is 1. The van der Waals surface area contributed by atoms with Gasteiger partial charge in [0.05, 0.1) is 36.3 Å². The molecule has 1 saturated heterocycles. The second-order valence-corrected chi connectivity index (χ2v) is 6.98. The number of anilines is 1. The molecule has 0 saturated carbocycles. The lowest BCUT2D eigenvalue weighted by molar-refractivity contribution is -0.0712. The summed E-state index contributed by atoms with van der Waals surface area (Å²) in [5.41, 5.74) is 0.113. The van der Waals surface area contributed by atoms with Crippen molar-refractivity contribution in [1.82, 2.24) is 4.98 Å². The van der Waals surface area contributed by atoms with Crippen LogP contribution in [0.5, 0.6) is 0 Å². The summed E-state index contributed by atoms with van der Waals surface area (Å²) in [6.07, 6.45) is -1.76. The van der Waals surface area contributed by atoms with Gasteiger partial charge in [-0.05, 0) is 23.8 Å². The molecule has 29 heavy (non-hydrogen) atoms. The lowest BCUT2D eigenvalue weighted by Gasteiger charge is -2.18. The zero-order chi connectivity index (χ0) is 20.9. The van der Waals surface area contributed by atoms with E-state index in [2.05, 4.69) is 4.98 Å². The number of hydrogen-bond acceptors (Lipinski definition) is 4. The second-order valence-electron chi connectivity index (χ2n) is 6.98. The topological polar surface area (TPSA) is 76.6 Å². The van der Waals surface area contributed by atoms with E-state index < -0.39 is 42.2 Å². The second kappa shape index (κ2) is 6.85. The van der Waals surface area contributed by atoms with Gasteiger partial charge >= 0.3 is 0 Å². The summed E-state index contributed by atoms with van der Waals surface area (Å²) in [6, 6.07) is 7.69. The lowest BCUT2D eigenvalue weighted by atomic mass is 10.0. The number of pyridine rings is 1. The molecule has 5 nitrogen and oxygen atoms in total. The van der Waals surface area contributed by atoms with E-state index >= 15 is 0 Å². The van der Waals surface area contributed by atoms with Crippen LogP contribution in [0.25, 0.3) is 22.2 Å². The molecule has 3 aromatic rings. The number of aliphatic hydroxyl groups excluding tert-OH is 2. The Hall–Kier alpha value is -2.91. The van der Waals surface area contributed by atoms with Gasteiger partial charge in [0.1, 0.15) is 17.7 Å². The Kier molecular flexibility index (Phi) is 4.59. The number of nitrogens with zero attached hydrogens (tertiary/aromatic N) is 1. The molecule has 152 valence electrons. The van der Waals surface area contributed by atoms with Crippen molar-refractivity contribution < 1.29 is 27.8 Å². The molecule has 1 aliphatic heterocycles. The number of rotatable bonds is 3. The first-order valence-electron chi connectivity index (χ1n) is 8.77. The molecular weight excluding hydrogens is 392 g/mol. The highest BCUT2D eigenvalue weighted by molar-refractivity contribution is 5.84. The van der Waals surface area contributed by atoms with Gasteiger partial charge in [-0.25, -0.2) is 17.6 Å². The Labute approximate surface area is 161 Å². The van der Waals surface area contributed by atoms with E-state index in [0.29, 0.717) is 17.3 Å². The van der Waals surface area contributed by atoms with E-state index in [0.717, 1.165) is 6.07 Å². The third-order valence-electron chi connectivity index (χ3n) is 5.08. The monoisotopic (exact) mass is 408 g/mol. The first-order chi connectivity index (χ1) is 13.7. The minimum atomic E-state index is -3.21. The summed E-state index contributed by atoms with van der Waals surface area (Å²) in [5, 5.41) is 18.7. The van der Waals surface area contributed by atoms with E-state index in [4.69, 9.17) is 0 Å². The highest BCUT2D eigenvalue weighted by Gasteiger charge is 2.47. The average Bonchev–Trinajstić information content (AvgIpc) is 2.94. The number of aliphatic hydroxyl groups is 2. The van der Waals surface area contributed by atoms with Crippen molar-refractivity contribution in [3.63, 3.8) is 0 Å². The first kappa shape index (κ1) is 19.4. The van der Waals surface area contributed by atoms with Crippen LogP contribution < -0.4 is 10.3 Å². The first-order valence-corrected chi connectivity index (χ1v) is 8.77. The van der Waals surface area contributed by atoms with Crippen LogP contribution in [0.15, 0.2) is 41.2 Å². The highest BCUT2D eigenvalue weighted by atomic mass is 19.3. The Balaban J connectivity index is 1.78. The summed E-state index contributed by atoms with van der Waals surface area (Å²) in [5.74, 6) is -5.11. The summed E-state index contributed by atoms with van der Waals surface area (Å²) in [4.78, 5) is 16.7. The molecule has 2 aromatic carbocycles. The molecule has 0 radical (unpaired) electrons. The van der Waals surface area contributed by atoms with Crippen molar-refractivity contribution in [3.8, 4) is 11.3 Å². The van der Waals surface area contributed by atoms with Gasteiger partial charge in [-0.1, -0.05) is 12.1 Å². The van der Waals surface area contributed by atoms with Crippen LogP contribution >= 0.6 is 0 Å². The Morgan fingerprint density at radius 2 is 1.86 bits per heavy atom. The quantitative estimate of drug-likeness (QED) is 0.583.